The van der Waals surface area contributed by atoms with Gasteiger partial charge in [-0.05, 0) is 52.6 Å². The molecule has 132 valence electrons. The minimum Gasteiger partial charge on any atom is -0.461 e. The van der Waals surface area contributed by atoms with E-state index in [4.69, 9.17) is 4.74 Å². The van der Waals surface area contributed by atoms with E-state index in [1.807, 2.05) is 0 Å². The summed E-state index contributed by atoms with van der Waals surface area (Å²) in [5, 5.41) is -0.0776. The highest BCUT2D eigenvalue weighted by molar-refractivity contribution is 9.10. The summed E-state index contributed by atoms with van der Waals surface area (Å²) in [4.78, 5) is 15.8. The van der Waals surface area contributed by atoms with Crippen molar-refractivity contribution in [2.75, 3.05) is 6.61 Å². The van der Waals surface area contributed by atoms with Crippen molar-refractivity contribution >= 4 is 50.7 Å². The molecule has 0 spiro atoms. The lowest BCUT2D eigenvalue weighted by molar-refractivity contribution is -0.0329. The number of rotatable bonds is 4. The highest BCUT2D eigenvalue weighted by Crippen LogP contribution is 2.43. The number of alkyl halides is 3. The van der Waals surface area contributed by atoms with Crippen LogP contribution in [-0.2, 0) is 4.74 Å². The molecule has 11 heteroatoms. The van der Waals surface area contributed by atoms with Gasteiger partial charge in [-0.1, -0.05) is 0 Å². The zero-order chi connectivity index (χ0) is 18.2. The molecule has 0 N–H and O–H groups in total. The number of hydrogen-bond acceptors (Lipinski definition) is 6. The molecular formula is C14H9BrF3N3O2S2. The second-order valence-electron chi connectivity index (χ2n) is 4.67. The van der Waals surface area contributed by atoms with Gasteiger partial charge in [-0.15, -0.1) is 0 Å². The van der Waals surface area contributed by atoms with E-state index in [9.17, 15) is 18.0 Å². The van der Waals surface area contributed by atoms with Gasteiger partial charge in [0.05, 0.1) is 22.7 Å². The Morgan fingerprint density at radius 3 is 2.92 bits per heavy atom. The summed E-state index contributed by atoms with van der Waals surface area (Å²) in [7, 11) is 0. The predicted molar refractivity (Wildman–Crippen MR) is 91.9 cm³/mol. The average Bonchev–Trinajstić information content (AvgIpc) is 3.12. The molecule has 3 aromatic rings. The fourth-order valence-corrected chi connectivity index (χ4v) is 3.89. The van der Waals surface area contributed by atoms with Crippen molar-refractivity contribution in [1.29, 1.82) is 0 Å². The number of halogens is 4. The van der Waals surface area contributed by atoms with Gasteiger partial charge in [0.2, 0.25) is 5.01 Å². The summed E-state index contributed by atoms with van der Waals surface area (Å²) in [5.74, 6) is -0.600. The van der Waals surface area contributed by atoms with Crippen LogP contribution in [-0.4, -0.2) is 31.8 Å². The van der Waals surface area contributed by atoms with Gasteiger partial charge >= 0.3 is 11.5 Å². The summed E-state index contributed by atoms with van der Waals surface area (Å²) in [6.07, 6.45) is 1.52. The molecule has 0 atom stereocenters. The normalized spacial score (nSPS) is 11.9. The topological polar surface area (TPSA) is 56.5 Å². The summed E-state index contributed by atoms with van der Waals surface area (Å²) < 4.78 is 49.9. The summed E-state index contributed by atoms with van der Waals surface area (Å²) in [6.45, 7) is 1.82. The molecule has 0 aliphatic carbocycles. The first-order valence-electron chi connectivity index (χ1n) is 6.86. The number of hydrogen-bond donors (Lipinski definition) is 0. The number of ether oxygens (including phenoxy) is 1. The Bertz CT molecular complexity index is 939. The Morgan fingerprint density at radius 1 is 1.48 bits per heavy atom. The third kappa shape index (κ3) is 3.82. The third-order valence-electron chi connectivity index (χ3n) is 3.04. The average molecular weight is 452 g/mol. The van der Waals surface area contributed by atoms with E-state index in [1.54, 1.807) is 25.1 Å². The van der Waals surface area contributed by atoms with Crippen molar-refractivity contribution in [1.82, 2.24) is 13.8 Å². The van der Waals surface area contributed by atoms with Crippen molar-refractivity contribution in [3.05, 3.63) is 33.9 Å². The van der Waals surface area contributed by atoms with Crippen molar-refractivity contribution in [2.45, 2.75) is 17.5 Å². The highest BCUT2D eigenvalue weighted by atomic mass is 79.9. The summed E-state index contributed by atoms with van der Waals surface area (Å²) in [6, 6.07) is 4.90. The van der Waals surface area contributed by atoms with Crippen molar-refractivity contribution < 1.29 is 22.7 Å². The zero-order valence-corrected chi connectivity index (χ0v) is 15.7. The molecule has 0 saturated heterocycles. The maximum Gasteiger partial charge on any atom is 0.447 e. The van der Waals surface area contributed by atoms with Gasteiger partial charge < -0.3 is 9.14 Å². The van der Waals surface area contributed by atoms with Crippen LogP contribution in [0.15, 0.2) is 33.9 Å². The van der Waals surface area contributed by atoms with Crippen LogP contribution in [0.2, 0.25) is 0 Å². The van der Waals surface area contributed by atoms with E-state index in [1.165, 1.54) is 10.6 Å². The van der Waals surface area contributed by atoms with Crippen molar-refractivity contribution in [3.8, 4) is 11.4 Å². The number of nitrogens with zero attached hydrogens (tertiary/aromatic N) is 3. The number of esters is 1. The van der Waals surface area contributed by atoms with Gasteiger partial charge in [0.1, 0.15) is 0 Å². The number of aromatic nitrogens is 3. The standard InChI is InChI=1S/C14H9BrF3N3O2S2/c1-2-23-13(22)11-19-10(20-25-11)7-6-9-8(15)4-3-5-21(9)12(7)24-14(16,17)18/h3-6H,2H2,1H3. The maximum absolute atomic E-state index is 13.0. The Morgan fingerprint density at radius 2 is 2.24 bits per heavy atom. The van der Waals surface area contributed by atoms with E-state index in [0.29, 0.717) is 9.99 Å². The van der Waals surface area contributed by atoms with Crippen LogP contribution in [0.3, 0.4) is 0 Å². The summed E-state index contributed by atoms with van der Waals surface area (Å²) >= 11 is 3.85. The second kappa shape index (κ2) is 6.96. The first kappa shape index (κ1) is 18.2. The van der Waals surface area contributed by atoms with Crippen LogP contribution in [0.5, 0.6) is 0 Å². The van der Waals surface area contributed by atoms with Gasteiger partial charge in [0.25, 0.3) is 0 Å². The fourth-order valence-electron chi connectivity index (χ4n) is 2.12. The number of thioether (sulfide) groups is 1. The van der Waals surface area contributed by atoms with E-state index in [2.05, 4.69) is 25.3 Å². The molecule has 3 rings (SSSR count). The molecule has 3 aromatic heterocycles. The molecule has 0 fully saturated rings. The molecule has 0 bridgehead atoms. The van der Waals surface area contributed by atoms with Gasteiger partial charge in [0.15, 0.2) is 5.82 Å². The second-order valence-corrected chi connectivity index (χ2v) is 7.33. The lowest BCUT2D eigenvalue weighted by atomic mass is 10.3. The van der Waals surface area contributed by atoms with Crippen molar-refractivity contribution in [2.24, 2.45) is 0 Å². The van der Waals surface area contributed by atoms with Crippen LogP contribution < -0.4 is 0 Å². The molecule has 3 heterocycles. The Labute approximate surface area is 156 Å². The zero-order valence-electron chi connectivity index (χ0n) is 12.5. The third-order valence-corrected chi connectivity index (χ3v) is 5.25. The van der Waals surface area contributed by atoms with E-state index in [0.717, 1.165) is 11.5 Å². The molecule has 5 nitrogen and oxygen atoms in total. The first-order valence-corrected chi connectivity index (χ1v) is 9.25. The number of fused-ring (bicyclic) bond motifs is 1. The van der Waals surface area contributed by atoms with Gasteiger partial charge in [0, 0.05) is 22.4 Å². The SMILES string of the molecule is CCOC(=O)c1nc(-c2cc3c(Br)cccn3c2SC(F)(F)F)ns1. The smallest absolute Gasteiger partial charge is 0.447 e. The number of carbonyl (C=O) groups is 1. The van der Waals surface area contributed by atoms with Crippen LogP contribution in [0.4, 0.5) is 13.2 Å². The molecule has 0 amide bonds. The van der Waals surface area contributed by atoms with E-state index in [-0.39, 0.29) is 39.8 Å². The minimum atomic E-state index is -4.48. The van der Waals surface area contributed by atoms with Crippen LogP contribution in [0.1, 0.15) is 16.7 Å². The Hall–Kier alpha value is -1.59. The van der Waals surface area contributed by atoms with Gasteiger partial charge in [-0.25, -0.2) is 9.78 Å². The largest absolute Gasteiger partial charge is 0.461 e. The summed E-state index contributed by atoms with van der Waals surface area (Å²) in [5.41, 5.74) is -3.75. The minimum absolute atomic E-state index is 0.00543. The quantitative estimate of drug-likeness (QED) is 0.412. The molecule has 0 aliphatic heterocycles. The van der Waals surface area contributed by atoms with Gasteiger partial charge in [-0.2, -0.15) is 17.5 Å². The molecule has 0 radical (unpaired) electrons. The van der Waals surface area contributed by atoms with Crippen LogP contribution in [0.25, 0.3) is 16.9 Å². The molecule has 0 saturated carbocycles. The van der Waals surface area contributed by atoms with Gasteiger partial charge in [-0.3, -0.25) is 0 Å². The lowest BCUT2D eigenvalue weighted by Gasteiger charge is -2.08. The Balaban J connectivity index is 2.13. The first-order chi connectivity index (χ1) is 11.8. The molecule has 0 unspecified atom stereocenters. The van der Waals surface area contributed by atoms with Crippen LogP contribution >= 0.6 is 39.2 Å². The molecular weight excluding hydrogens is 443 g/mol. The number of pyridine rings is 1. The molecule has 25 heavy (non-hydrogen) atoms. The lowest BCUT2D eigenvalue weighted by Crippen LogP contribution is -2.04. The maximum atomic E-state index is 13.0. The monoisotopic (exact) mass is 451 g/mol. The fraction of sp³-hybridized carbons (Fsp3) is 0.214. The van der Waals surface area contributed by atoms with Crippen molar-refractivity contribution in [3.63, 3.8) is 0 Å². The Kier molecular flexibility index (Phi) is 5.07. The number of carbonyl (C=O) groups excluding carboxylic acids is 1. The molecule has 0 aromatic carbocycles. The van der Waals surface area contributed by atoms with E-state index >= 15 is 0 Å². The predicted octanol–water partition coefficient (Wildman–Crippen LogP) is 5.01. The van der Waals surface area contributed by atoms with E-state index < -0.39 is 11.5 Å². The van der Waals surface area contributed by atoms with Crippen LogP contribution in [0, 0.1) is 0 Å². The molecule has 0 aliphatic rings. The highest BCUT2D eigenvalue weighted by Gasteiger charge is 2.33.